The molecule has 16 heavy (non-hydrogen) atoms. The third-order valence-corrected chi connectivity index (χ3v) is 3.15. The summed E-state index contributed by atoms with van der Waals surface area (Å²) in [5.41, 5.74) is 3.97. The zero-order valence-electron chi connectivity index (χ0n) is 10.2. The molecule has 0 unspecified atom stereocenters. The molecule has 0 aromatic heterocycles. The van der Waals surface area contributed by atoms with Crippen molar-refractivity contribution in [2.45, 2.75) is 20.4 Å². The predicted octanol–water partition coefficient (Wildman–Crippen LogP) is 2.05. The first-order chi connectivity index (χ1) is 7.85. The first-order valence-corrected chi connectivity index (χ1v) is 6.17. The summed E-state index contributed by atoms with van der Waals surface area (Å²) in [4.78, 5) is 2.38. The summed E-state index contributed by atoms with van der Waals surface area (Å²) in [5, 5.41) is 6.88. The lowest BCUT2D eigenvalue weighted by molar-refractivity contribution is 0.725. The van der Waals surface area contributed by atoms with Crippen LogP contribution in [0, 0.1) is 0 Å². The molecule has 1 aliphatic rings. The van der Waals surface area contributed by atoms with Gasteiger partial charge in [-0.2, -0.15) is 0 Å². The molecule has 1 aliphatic heterocycles. The van der Waals surface area contributed by atoms with Crippen LogP contribution in [0.2, 0.25) is 0 Å². The Morgan fingerprint density at radius 2 is 2.00 bits per heavy atom. The molecule has 0 spiro atoms. The third-order valence-electron chi connectivity index (χ3n) is 3.15. The number of benzene rings is 1. The Bertz CT molecular complexity index is 345. The second-order valence-electron chi connectivity index (χ2n) is 4.12. The van der Waals surface area contributed by atoms with Crippen LogP contribution in [0.5, 0.6) is 0 Å². The lowest BCUT2D eigenvalue weighted by Crippen LogP contribution is -2.21. The molecule has 0 saturated heterocycles. The van der Waals surface area contributed by atoms with E-state index in [0.717, 1.165) is 32.7 Å². The first kappa shape index (κ1) is 11.3. The molecule has 1 aromatic carbocycles. The summed E-state index contributed by atoms with van der Waals surface area (Å²) >= 11 is 0. The van der Waals surface area contributed by atoms with Crippen molar-refractivity contribution in [1.29, 1.82) is 0 Å². The molecule has 3 nitrogen and oxygen atoms in total. The van der Waals surface area contributed by atoms with Gasteiger partial charge in [0.2, 0.25) is 0 Å². The van der Waals surface area contributed by atoms with E-state index < -0.39 is 0 Å². The predicted molar refractivity (Wildman–Crippen MR) is 70.2 cm³/mol. The number of rotatable bonds is 3. The van der Waals surface area contributed by atoms with Crippen LogP contribution in [0.15, 0.2) is 18.2 Å². The van der Waals surface area contributed by atoms with Gasteiger partial charge in [-0.1, -0.05) is 6.07 Å². The van der Waals surface area contributed by atoms with Gasteiger partial charge in [-0.05, 0) is 31.5 Å². The average molecular weight is 219 g/mol. The summed E-state index contributed by atoms with van der Waals surface area (Å²) in [7, 11) is 0. The summed E-state index contributed by atoms with van der Waals surface area (Å²) in [6.07, 6.45) is 0. The van der Waals surface area contributed by atoms with E-state index >= 15 is 0 Å². The molecule has 2 rings (SSSR count). The van der Waals surface area contributed by atoms with Crippen LogP contribution in [0.4, 0.5) is 11.4 Å². The van der Waals surface area contributed by atoms with Crippen molar-refractivity contribution in [2.24, 2.45) is 0 Å². The second-order valence-corrected chi connectivity index (χ2v) is 4.12. The van der Waals surface area contributed by atoms with E-state index in [0.29, 0.717) is 0 Å². The number of hydrogen-bond acceptors (Lipinski definition) is 3. The topological polar surface area (TPSA) is 27.3 Å². The molecule has 0 fully saturated rings. The Morgan fingerprint density at radius 1 is 1.19 bits per heavy atom. The number of anilines is 2. The molecule has 0 amide bonds. The molecule has 0 saturated carbocycles. The Morgan fingerprint density at radius 3 is 2.75 bits per heavy atom. The summed E-state index contributed by atoms with van der Waals surface area (Å²) in [6, 6.07) is 6.73. The third kappa shape index (κ3) is 2.30. The van der Waals surface area contributed by atoms with E-state index in [-0.39, 0.29) is 0 Å². The first-order valence-electron chi connectivity index (χ1n) is 6.17. The fourth-order valence-electron chi connectivity index (χ4n) is 2.18. The van der Waals surface area contributed by atoms with E-state index in [1.54, 1.807) is 0 Å². The van der Waals surface area contributed by atoms with E-state index in [9.17, 15) is 0 Å². The van der Waals surface area contributed by atoms with Crippen molar-refractivity contribution in [3.05, 3.63) is 23.8 Å². The number of nitrogens with zero attached hydrogens (tertiary/aromatic N) is 1. The van der Waals surface area contributed by atoms with Gasteiger partial charge >= 0.3 is 0 Å². The average Bonchev–Trinajstić information content (AvgIpc) is 2.55. The van der Waals surface area contributed by atoms with Gasteiger partial charge in [0.15, 0.2) is 0 Å². The minimum Gasteiger partial charge on any atom is -0.383 e. The summed E-state index contributed by atoms with van der Waals surface area (Å²) < 4.78 is 0. The van der Waals surface area contributed by atoms with Gasteiger partial charge in [-0.25, -0.2) is 0 Å². The van der Waals surface area contributed by atoms with Gasteiger partial charge in [-0.15, -0.1) is 0 Å². The maximum absolute atomic E-state index is 3.48. The van der Waals surface area contributed by atoms with Gasteiger partial charge in [0.25, 0.3) is 0 Å². The van der Waals surface area contributed by atoms with Crippen molar-refractivity contribution in [2.75, 3.05) is 36.4 Å². The Labute approximate surface area is 97.8 Å². The number of hydrogen-bond donors (Lipinski definition) is 2. The molecular weight excluding hydrogens is 198 g/mol. The molecule has 1 heterocycles. The van der Waals surface area contributed by atoms with Crippen LogP contribution < -0.4 is 15.5 Å². The number of fused-ring (bicyclic) bond motifs is 1. The zero-order valence-corrected chi connectivity index (χ0v) is 10.2. The molecule has 0 atom stereocenters. The molecule has 3 heteroatoms. The van der Waals surface area contributed by atoms with Crippen molar-refractivity contribution in [3.8, 4) is 0 Å². The van der Waals surface area contributed by atoms with E-state index in [1.807, 2.05) is 0 Å². The van der Waals surface area contributed by atoms with Crippen molar-refractivity contribution >= 4 is 11.4 Å². The van der Waals surface area contributed by atoms with E-state index in [1.165, 1.54) is 16.9 Å². The normalized spacial score (nSPS) is 14.9. The summed E-state index contributed by atoms with van der Waals surface area (Å²) in [6.45, 7) is 9.54. The monoisotopic (exact) mass is 219 g/mol. The highest BCUT2D eigenvalue weighted by Crippen LogP contribution is 2.24. The Balaban J connectivity index is 2.26. The van der Waals surface area contributed by atoms with Crippen LogP contribution >= 0.6 is 0 Å². The largest absolute Gasteiger partial charge is 0.383 e. The van der Waals surface area contributed by atoms with Gasteiger partial charge < -0.3 is 15.5 Å². The lowest BCUT2D eigenvalue weighted by Gasteiger charge is -2.22. The molecule has 2 N–H and O–H groups in total. The fourth-order valence-corrected chi connectivity index (χ4v) is 2.18. The van der Waals surface area contributed by atoms with Crippen LogP contribution in [-0.2, 0) is 6.54 Å². The van der Waals surface area contributed by atoms with E-state index in [2.05, 4.69) is 47.6 Å². The second kappa shape index (κ2) is 5.21. The highest BCUT2D eigenvalue weighted by molar-refractivity contribution is 5.62. The molecule has 0 radical (unpaired) electrons. The number of nitrogens with one attached hydrogen (secondary N) is 2. The smallest absolute Gasteiger partial charge is 0.0407 e. The maximum Gasteiger partial charge on any atom is 0.0407 e. The Kier molecular flexibility index (Phi) is 3.67. The molecular formula is C13H21N3. The quantitative estimate of drug-likeness (QED) is 0.814. The zero-order chi connectivity index (χ0) is 11.4. The minimum atomic E-state index is 0.973. The van der Waals surface area contributed by atoms with Crippen LogP contribution in [0.25, 0.3) is 0 Å². The van der Waals surface area contributed by atoms with Crippen LogP contribution in [0.3, 0.4) is 0 Å². The SMILES string of the molecule is CCN(CC)c1ccc2c(c1)NCCNC2. The van der Waals surface area contributed by atoms with Gasteiger partial charge in [0, 0.05) is 44.1 Å². The molecule has 1 aromatic rings. The van der Waals surface area contributed by atoms with Crippen molar-refractivity contribution in [1.82, 2.24) is 5.32 Å². The minimum absolute atomic E-state index is 0.973. The van der Waals surface area contributed by atoms with Crippen molar-refractivity contribution in [3.63, 3.8) is 0 Å². The summed E-state index contributed by atoms with van der Waals surface area (Å²) in [5.74, 6) is 0. The van der Waals surface area contributed by atoms with E-state index in [4.69, 9.17) is 0 Å². The van der Waals surface area contributed by atoms with Crippen LogP contribution in [0.1, 0.15) is 19.4 Å². The fraction of sp³-hybridized carbons (Fsp3) is 0.538. The standard InChI is InChI=1S/C13H21N3/c1-3-16(4-2)12-6-5-11-10-14-7-8-15-13(11)9-12/h5-6,9,14-15H,3-4,7-8,10H2,1-2H3. The molecule has 0 bridgehead atoms. The lowest BCUT2D eigenvalue weighted by atomic mass is 10.1. The highest BCUT2D eigenvalue weighted by Gasteiger charge is 2.09. The highest BCUT2D eigenvalue weighted by atomic mass is 15.1. The van der Waals surface area contributed by atoms with Gasteiger partial charge in [0.1, 0.15) is 0 Å². The van der Waals surface area contributed by atoms with Crippen molar-refractivity contribution < 1.29 is 0 Å². The Hall–Kier alpha value is -1.22. The molecule has 88 valence electrons. The van der Waals surface area contributed by atoms with Gasteiger partial charge in [-0.3, -0.25) is 0 Å². The maximum atomic E-state index is 3.48. The van der Waals surface area contributed by atoms with Crippen LogP contribution in [-0.4, -0.2) is 26.2 Å². The van der Waals surface area contributed by atoms with Gasteiger partial charge in [0.05, 0.1) is 0 Å². The molecule has 0 aliphatic carbocycles.